The van der Waals surface area contributed by atoms with Crippen molar-refractivity contribution in [2.75, 3.05) is 13.2 Å². The largest absolute Gasteiger partial charge is 0.392 e. The molecule has 2 atom stereocenters. The van der Waals surface area contributed by atoms with Crippen molar-refractivity contribution in [1.82, 2.24) is 15.1 Å². The lowest BCUT2D eigenvalue weighted by Crippen LogP contribution is -2.65. The van der Waals surface area contributed by atoms with E-state index in [-0.39, 0.29) is 23.5 Å². The van der Waals surface area contributed by atoms with Gasteiger partial charge in [-0.2, -0.15) is 5.10 Å². The molecule has 2 aromatic rings. The van der Waals surface area contributed by atoms with Crippen molar-refractivity contribution >= 4 is 5.91 Å². The Balaban J connectivity index is 1.40. The molecule has 1 aromatic heterocycles. The first-order chi connectivity index (χ1) is 12.7. The third-order valence-corrected chi connectivity index (χ3v) is 5.95. The maximum atomic E-state index is 12.8. The average molecular weight is 355 g/mol. The zero-order valence-corrected chi connectivity index (χ0v) is 14.8. The first-order valence-electron chi connectivity index (χ1n) is 9.31. The van der Waals surface area contributed by atoms with Gasteiger partial charge in [0.25, 0.3) is 5.91 Å². The summed E-state index contributed by atoms with van der Waals surface area (Å²) in [6.07, 6.45) is 4.36. The van der Waals surface area contributed by atoms with Gasteiger partial charge in [0, 0.05) is 37.4 Å². The first kappa shape index (κ1) is 17.2. The summed E-state index contributed by atoms with van der Waals surface area (Å²) in [6, 6.07) is 11.9. The fourth-order valence-corrected chi connectivity index (χ4v) is 4.22. The van der Waals surface area contributed by atoms with Gasteiger partial charge in [0.1, 0.15) is 5.69 Å². The minimum Gasteiger partial charge on any atom is -0.392 e. The standard InChI is InChI=1S/C20H25N3O3/c24-18-14-17(20(18)8-12-26-13-9-20)22-19(25)16-6-10-21-23(16)11-7-15-4-2-1-3-5-15/h1-6,10,17-18,24H,7-9,11-14H2,(H,22,25)/t17-,18-/m1/s1. The van der Waals surface area contributed by atoms with Crippen molar-refractivity contribution in [3.63, 3.8) is 0 Å². The van der Waals surface area contributed by atoms with Gasteiger partial charge in [-0.25, -0.2) is 0 Å². The van der Waals surface area contributed by atoms with Gasteiger partial charge in [-0.3, -0.25) is 9.48 Å². The fraction of sp³-hybridized carbons (Fsp3) is 0.500. The highest BCUT2D eigenvalue weighted by Crippen LogP contribution is 2.49. The van der Waals surface area contributed by atoms with E-state index in [0.29, 0.717) is 31.9 Å². The molecule has 1 spiro atoms. The number of nitrogens with one attached hydrogen (secondary N) is 1. The highest BCUT2D eigenvalue weighted by atomic mass is 16.5. The van der Waals surface area contributed by atoms with Crippen LogP contribution in [0.4, 0.5) is 0 Å². The number of aliphatic hydroxyl groups excluding tert-OH is 1. The topological polar surface area (TPSA) is 76.4 Å². The second-order valence-electron chi connectivity index (χ2n) is 7.30. The van der Waals surface area contributed by atoms with E-state index in [9.17, 15) is 9.90 Å². The minimum atomic E-state index is -0.348. The van der Waals surface area contributed by atoms with Crippen molar-refractivity contribution in [3.05, 3.63) is 53.9 Å². The quantitative estimate of drug-likeness (QED) is 0.857. The van der Waals surface area contributed by atoms with Crippen LogP contribution in [0.2, 0.25) is 0 Å². The molecule has 0 unspecified atom stereocenters. The monoisotopic (exact) mass is 355 g/mol. The maximum Gasteiger partial charge on any atom is 0.269 e. The lowest BCUT2D eigenvalue weighted by atomic mass is 9.58. The number of hydrogen-bond acceptors (Lipinski definition) is 4. The van der Waals surface area contributed by atoms with E-state index in [2.05, 4.69) is 22.5 Å². The summed E-state index contributed by atoms with van der Waals surface area (Å²) < 4.78 is 7.19. The van der Waals surface area contributed by atoms with Crippen LogP contribution in [0.3, 0.4) is 0 Å². The molecule has 26 heavy (non-hydrogen) atoms. The molecule has 6 nitrogen and oxygen atoms in total. The molecule has 0 bridgehead atoms. The molecule has 2 aliphatic rings. The summed E-state index contributed by atoms with van der Waals surface area (Å²) in [5.74, 6) is -0.113. The molecule has 4 rings (SSSR count). The Bertz CT molecular complexity index is 753. The molecular formula is C20H25N3O3. The minimum absolute atomic E-state index is 0.00590. The van der Waals surface area contributed by atoms with E-state index in [1.165, 1.54) is 5.56 Å². The van der Waals surface area contributed by atoms with Crippen LogP contribution >= 0.6 is 0 Å². The maximum absolute atomic E-state index is 12.8. The Hall–Kier alpha value is -2.18. The Morgan fingerprint density at radius 2 is 2.04 bits per heavy atom. The molecule has 2 fully saturated rings. The van der Waals surface area contributed by atoms with Crippen molar-refractivity contribution in [1.29, 1.82) is 0 Å². The Morgan fingerprint density at radius 1 is 1.27 bits per heavy atom. The van der Waals surface area contributed by atoms with E-state index < -0.39 is 0 Å². The molecule has 1 amide bonds. The van der Waals surface area contributed by atoms with E-state index in [1.54, 1.807) is 16.9 Å². The predicted molar refractivity (Wildman–Crippen MR) is 96.7 cm³/mol. The second kappa shape index (κ2) is 7.21. The van der Waals surface area contributed by atoms with E-state index >= 15 is 0 Å². The van der Waals surface area contributed by atoms with Gasteiger partial charge in [0.05, 0.1) is 6.10 Å². The predicted octanol–water partition coefficient (Wildman–Crippen LogP) is 1.79. The summed E-state index contributed by atoms with van der Waals surface area (Å²) in [5.41, 5.74) is 1.57. The second-order valence-corrected chi connectivity index (χ2v) is 7.30. The first-order valence-corrected chi connectivity index (χ1v) is 9.31. The number of hydrogen-bond donors (Lipinski definition) is 2. The number of benzene rings is 1. The number of carbonyl (C=O) groups excluding carboxylic acids is 1. The van der Waals surface area contributed by atoms with Crippen LogP contribution < -0.4 is 5.32 Å². The molecule has 6 heteroatoms. The third-order valence-electron chi connectivity index (χ3n) is 5.95. The molecule has 1 aliphatic heterocycles. The van der Waals surface area contributed by atoms with Crippen molar-refractivity contribution < 1.29 is 14.6 Å². The molecule has 1 saturated heterocycles. The number of aromatic nitrogens is 2. The molecule has 2 N–H and O–H groups in total. The lowest BCUT2D eigenvalue weighted by Gasteiger charge is -2.55. The van der Waals surface area contributed by atoms with Crippen LogP contribution in [0.25, 0.3) is 0 Å². The molecule has 0 radical (unpaired) electrons. The summed E-state index contributed by atoms with van der Waals surface area (Å²) in [6.45, 7) is 1.96. The summed E-state index contributed by atoms with van der Waals surface area (Å²) in [4.78, 5) is 12.8. The fourth-order valence-electron chi connectivity index (χ4n) is 4.22. The molecule has 1 aromatic carbocycles. The molecular weight excluding hydrogens is 330 g/mol. The molecule has 2 heterocycles. The third kappa shape index (κ3) is 3.15. The normalized spacial score (nSPS) is 24.2. The number of rotatable bonds is 5. The molecule has 1 saturated carbocycles. The van der Waals surface area contributed by atoms with Crippen molar-refractivity contribution in [3.8, 4) is 0 Å². The van der Waals surface area contributed by atoms with E-state index in [1.807, 2.05) is 18.2 Å². The van der Waals surface area contributed by atoms with Crippen LogP contribution in [-0.2, 0) is 17.7 Å². The van der Waals surface area contributed by atoms with E-state index in [4.69, 9.17) is 4.74 Å². The molecule has 1 aliphatic carbocycles. The number of carbonyl (C=O) groups is 1. The summed E-state index contributed by atoms with van der Waals surface area (Å²) >= 11 is 0. The number of amides is 1. The average Bonchev–Trinajstić information content (AvgIpc) is 3.16. The van der Waals surface area contributed by atoms with Crippen LogP contribution in [0.1, 0.15) is 35.3 Å². The van der Waals surface area contributed by atoms with Crippen LogP contribution in [0.5, 0.6) is 0 Å². The van der Waals surface area contributed by atoms with Gasteiger partial charge in [0.15, 0.2) is 0 Å². The summed E-state index contributed by atoms with van der Waals surface area (Å²) in [7, 11) is 0. The van der Waals surface area contributed by atoms with Gasteiger partial charge in [-0.05, 0) is 37.3 Å². The van der Waals surface area contributed by atoms with Gasteiger partial charge in [0.2, 0.25) is 0 Å². The SMILES string of the molecule is O=C(N[C@@H]1C[C@@H](O)C12CCOCC2)c1ccnn1CCc1ccccc1. The van der Waals surface area contributed by atoms with Gasteiger partial charge < -0.3 is 15.2 Å². The Labute approximate surface area is 153 Å². The molecule has 138 valence electrons. The zero-order valence-electron chi connectivity index (χ0n) is 14.8. The smallest absolute Gasteiger partial charge is 0.269 e. The van der Waals surface area contributed by atoms with Gasteiger partial charge >= 0.3 is 0 Å². The zero-order chi connectivity index (χ0) is 18.0. The highest BCUT2D eigenvalue weighted by molar-refractivity contribution is 5.92. The summed E-state index contributed by atoms with van der Waals surface area (Å²) in [5, 5.41) is 17.7. The lowest BCUT2D eigenvalue weighted by molar-refractivity contribution is -0.145. The van der Waals surface area contributed by atoms with Crippen molar-refractivity contribution in [2.45, 2.75) is 44.4 Å². The van der Waals surface area contributed by atoms with Gasteiger partial charge in [-0.1, -0.05) is 30.3 Å². The van der Waals surface area contributed by atoms with Crippen LogP contribution in [0, 0.1) is 5.41 Å². The van der Waals surface area contributed by atoms with Crippen LogP contribution in [0.15, 0.2) is 42.6 Å². The highest BCUT2D eigenvalue weighted by Gasteiger charge is 2.55. The number of nitrogens with zero attached hydrogens (tertiary/aromatic N) is 2. The van der Waals surface area contributed by atoms with Gasteiger partial charge in [-0.15, -0.1) is 0 Å². The van der Waals surface area contributed by atoms with Crippen LogP contribution in [-0.4, -0.2) is 46.2 Å². The number of ether oxygens (including phenoxy) is 1. The van der Waals surface area contributed by atoms with E-state index in [0.717, 1.165) is 19.3 Å². The Morgan fingerprint density at radius 3 is 2.77 bits per heavy atom. The Kier molecular flexibility index (Phi) is 4.78. The van der Waals surface area contributed by atoms with Crippen molar-refractivity contribution in [2.24, 2.45) is 5.41 Å². The number of aliphatic hydroxyl groups is 1. The number of aryl methyl sites for hydroxylation is 2.